The van der Waals surface area contributed by atoms with Crippen molar-refractivity contribution in [2.24, 2.45) is 11.7 Å². The van der Waals surface area contributed by atoms with Crippen molar-refractivity contribution in [2.45, 2.75) is 6.18 Å². The van der Waals surface area contributed by atoms with Gasteiger partial charge in [0.15, 0.2) is 0 Å². The summed E-state index contributed by atoms with van der Waals surface area (Å²) >= 11 is 3.37. The molecule has 0 aliphatic carbocycles. The Balaban J connectivity index is 2.20. The van der Waals surface area contributed by atoms with E-state index in [1.165, 1.54) is 0 Å². The van der Waals surface area contributed by atoms with Crippen LogP contribution in [0.3, 0.4) is 0 Å². The summed E-state index contributed by atoms with van der Waals surface area (Å²) in [7, 11) is 0. The molecule has 108 valence electrons. The monoisotopic (exact) mass is 347 g/mol. The van der Waals surface area contributed by atoms with Gasteiger partial charge in [0.25, 0.3) is 0 Å². The molecule has 0 spiro atoms. The van der Waals surface area contributed by atoms with Gasteiger partial charge in [-0.25, -0.2) is 0 Å². The highest BCUT2D eigenvalue weighted by molar-refractivity contribution is 9.10. The van der Waals surface area contributed by atoms with Crippen molar-refractivity contribution in [3.05, 3.63) is 40.9 Å². The minimum Gasteiger partial charge on any atom is -0.492 e. The molecule has 2 aromatic carbocycles. The van der Waals surface area contributed by atoms with Crippen molar-refractivity contribution in [2.75, 3.05) is 13.2 Å². The van der Waals surface area contributed by atoms with Crippen LogP contribution < -0.4 is 10.5 Å². The molecule has 0 saturated heterocycles. The van der Waals surface area contributed by atoms with Gasteiger partial charge in [-0.3, -0.25) is 0 Å². The molecule has 0 bridgehead atoms. The summed E-state index contributed by atoms with van der Waals surface area (Å²) < 4.78 is 43.7. The number of alkyl halides is 3. The van der Waals surface area contributed by atoms with Crippen molar-refractivity contribution in [3.63, 3.8) is 0 Å². The second-order valence-corrected chi connectivity index (χ2v) is 5.18. The molecule has 2 N–H and O–H groups in total. The lowest BCUT2D eigenvalue weighted by molar-refractivity contribution is -0.178. The van der Waals surface area contributed by atoms with Gasteiger partial charge in [0.05, 0.1) is 4.47 Å². The lowest BCUT2D eigenvalue weighted by Gasteiger charge is -2.19. The first-order chi connectivity index (χ1) is 9.43. The fraction of sp³-hybridized carbons (Fsp3) is 0.286. The third-order valence-electron chi connectivity index (χ3n) is 3.02. The van der Waals surface area contributed by atoms with Gasteiger partial charge in [0, 0.05) is 6.54 Å². The predicted octanol–water partition coefficient (Wildman–Crippen LogP) is 4.12. The largest absolute Gasteiger partial charge is 0.492 e. The number of fused-ring (bicyclic) bond motifs is 1. The Morgan fingerprint density at radius 1 is 1.15 bits per heavy atom. The van der Waals surface area contributed by atoms with Gasteiger partial charge in [-0.1, -0.05) is 30.3 Å². The molecule has 2 aromatic rings. The highest BCUT2D eigenvalue weighted by Gasteiger charge is 2.39. The van der Waals surface area contributed by atoms with Crippen molar-refractivity contribution < 1.29 is 17.9 Å². The van der Waals surface area contributed by atoms with E-state index < -0.39 is 25.2 Å². The third-order valence-corrected chi connectivity index (χ3v) is 3.83. The fourth-order valence-electron chi connectivity index (χ4n) is 1.81. The predicted molar refractivity (Wildman–Crippen MR) is 75.7 cm³/mol. The first kappa shape index (κ1) is 15.1. The molecule has 2 nitrogen and oxygen atoms in total. The van der Waals surface area contributed by atoms with E-state index in [0.29, 0.717) is 10.2 Å². The van der Waals surface area contributed by atoms with Gasteiger partial charge < -0.3 is 10.5 Å². The quantitative estimate of drug-likeness (QED) is 0.902. The Labute approximate surface area is 122 Å². The van der Waals surface area contributed by atoms with Gasteiger partial charge in [-0.05, 0) is 32.8 Å². The molecule has 1 atom stereocenters. The summed E-state index contributed by atoms with van der Waals surface area (Å²) in [5, 5.41) is 1.87. The molecule has 0 amide bonds. The molecule has 1 unspecified atom stereocenters. The van der Waals surface area contributed by atoms with Crippen LogP contribution in [0.25, 0.3) is 10.8 Å². The molecule has 20 heavy (non-hydrogen) atoms. The first-order valence-electron chi connectivity index (χ1n) is 6.00. The van der Waals surface area contributed by atoms with Crippen LogP contribution in [0.5, 0.6) is 5.75 Å². The number of hydrogen-bond acceptors (Lipinski definition) is 2. The third kappa shape index (κ3) is 3.24. The summed E-state index contributed by atoms with van der Waals surface area (Å²) in [6, 6.07) is 11.0. The number of rotatable bonds is 4. The van der Waals surface area contributed by atoms with E-state index in [1.54, 1.807) is 12.1 Å². The molecule has 0 aromatic heterocycles. The van der Waals surface area contributed by atoms with E-state index in [9.17, 15) is 13.2 Å². The van der Waals surface area contributed by atoms with E-state index in [-0.39, 0.29) is 0 Å². The fourth-order valence-corrected chi connectivity index (χ4v) is 2.42. The van der Waals surface area contributed by atoms with Gasteiger partial charge >= 0.3 is 6.18 Å². The van der Waals surface area contributed by atoms with Crippen LogP contribution in [0.2, 0.25) is 0 Å². The van der Waals surface area contributed by atoms with Crippen LogP contribution in [0, 0.1) is 5.92 Å². The van der Waals surface area contributed by atoms with Crippen LogP contribution in [0.1, 0.15) is 0 Å². The number of ether oxygens (including phenoxy) is 1. The minimum atomic E-state index is -4.35. The van der Waals surface area contributed by atoms with E-state index in [4.69, 9.17) is 10.5 Å². The second-order valence-electron chi connectivity index (χ2n) is 4.38. The van der Waals surface area contributed by atoms with Crippen molar-refractivity contribution in [1.82, 2.24) is 0 Å². The normalized spacial score (nSPS) is 13.4. The van der Waals surface area contributed by atoms with E-state index >= 15 is 0 Å². The maximum atomic E-state index is 12.6. The molecule has 0 heterocycles. The molecule has 0 radical (unpaired) electrons. The van der Waals surface area contributed by atoms with E-state index in [2.05, 4.69) is 15.9 Å². The number of halogens is 4. The topological polar surface area (TPSA) is 35.2 Å². The highest BCUT2D eigenvalue weighted by Crippen LogP contribution is 2.34. The lowest BCUT2D eigenvalue weighted by atomic mass is 10.1. The molecule has 0 fully saturated rings. The Kier molecular flexibility index (Phi) is 4.55. The van der Waals surface area contributed by atoms with Crippen molar-refractivity contribution in [1.29, 1.82) is 0 Å². The molecular weight excluding hydrogens is 335 g/mol. The second kappa shape index (κ2) is 6.01. The van der Waals surface area contributed by atoms with Gasteiger partial charge in [-0.15, -0.1) is 0 Å². The average molecular weight is 348 g/mol. The zero-order valence-electron chi connectivity index (χ0n) is 10.5. The van der Waals surface area contributed by atoms with Crippen molar-refractivity contribution >= 4 is 26.7 Å². The summed E-state index contributed by atoms with van der Waals surface area (Å²) in [6.07, 6.45) is -4.35. The van der Waals surface area contributed by atoms with Crippen LogP contribution >= 0.6 is 15.9 Å². The SMILES string of the molecule is NCC(COc1ccc2ccccc2c1Br)C(F)(F)F. The molecule has 0 aliphatic heterocycles. The van der Waals surface area contributed by atoms with Gasteiger partial charge in [0.2, 0.25) is 0 Å². The maximum Gasteiger partial charge on any atom is 0.396 e. The van der Waals surface area contributed by atoms with Crippen LogP contribution in [-0.4, -0.2) is 19.3 Å². The zero-order valence-corrected chi connectivity index (χ0v) is 12.0. The van der Waals surface area contributed by atoms with Crippen molar-refractivity contribution in [3.8, 4) is 5.75 Å². The lowest BCUT2D eigenvalue weighted by Crippen LogP contribution is -2.35. The van der Waals surface area contributed by atoms with Crippen LogP contribution in [0.4, 0.5) is 13.2 Å². The molecular formula is C14H13BrF3NO. The van der Waals surface area contributed by atoms with Gasteiger partial charge in [-0.2, -0.15) is 13.2 Å². The summed E-state index contributed by atoms with van der Waals surface area (Å²) in [6.45, 7) is -0.981. The number of hydrogen-bond donors (Lipinski definition) is 1. The van der Waals surface area contributed by atoms with Crippen LogP contribution in [-0.2, 0) is 0 Å². The number of benzene rings is 2. The molecule has 2 rings (SSSR count). The average Bonchev–Trinajstić information content (AvgIpc) is 2.40. The Hall–Kier alpha value is -1.27. The van der Waals surface area contributed by atoms with E-state index in [0.717, 1.165) is 10.8 Å². The standard InChI is InChI=1S/C14H13BrF3NO/c15-13-11-4-2-1-3-9(11)5-6-12(13)20-8-10(7-19)14(16,17)18/h1-6,10H,7-8,19H2. The summed E-state index contributed by atoms with van der Waals surface area (Å²) in [5.41, 5.74) is 5.14. The maximum absolute atomic E-state index is 12.6. The van der Waals surface area contributed by atoms with E-state index in [1.807, 2.05) is 24.3 Å². The van der Waals surface area contributed by atoms with Gasteiger partial charge in [0.1, 0.15) is 18.3 Å². The molecule has 0 aliphatic rings. The van der Waals surface area contributed by atoms with Crippen LogP contribution in [0.15, 0.2) is 40.9 Å². The summed E-state index contributed by atoms with van der Waals surface area (Å²) in [5.74, 6) is -1.28. The Morgan fingerprint density at radius 2 is 1.85 bits per heavy atom. The Morgan fingerprint density at radius 3 is 2.50 bits per heavy atom. The summed E-state index contributed by atoms with van der Waals surface area (Å²) in [4.78, 5) is 0. The first-order valence-corrected chi connectivity index (χ1v) is 6.79. The molecule has 6 heteroatoms. The highest BCUT2D eigenvalue weighted by atomic mass is 79.9. The smallest absolute Gasteiger partial charge is 0.396 e. The minimum absolute atomic E-state index is 0.381. The number of nitrogens with two attached hydrogens (primary N) is 1. The Bertz CT molecular complexity index is 600. The zero-order chi connectivity index (χ0) is 14.8. The molecule has 0 saturated carbocycles.